The van der Waals surface area contributed by atoms with Crippen molar-refractivity contribution in [3.63, 3.8) is 0 Å². The van der Waals surface area contributed by atoms with Crippen LogP contribution in [-0.2, 0) is 4.79 Å². The van der Waals surface area contributed by atoms with Crippen LogP contribution >= 0.6 is 15.9 Å². The van der Waals surface area contributed by atoms with Gasteiger partial charge in [0.1, 0.15) is 5.82 Å². The molecule has 31 heavy (non-hydrogen) atoms. The molecule has 0 bridgehead atoms. The second-order valence-electron chi connectivity index (χ2n) is 7.16. The predicted molar refractivity (Wildman–Crippen MR) is 122 cm³/mol. The van der Waals surface area contributed by atoms with Gasteiger partial charge in [-0.25, -0.2) is 9.78 Å². The van der Waals surface area contributed by atoms with Gasteiger partial charge < -0.3 is 14.6 Å². The Balaban J connectivity index is 2.03. The van der Waals surface area contributed by atoms with E-state index in [-0.39, 0.29) is 11.5 Å². The van der Waals surface area contributed by atoms with Gasteiger partial charge in [-0.15, -0.1) is 0 Å². The van der Waals surface area contributed by atoms with Crippen molar-refractivity contribution in [2.75, 3.05) is 7.11 Å². The summed E-state index contributed by atoms with van der Waals surface area (Å²) >= 11 is 3.39. The van der Waals surface area contributed by atoms with E-state index in [0.717, 1.165) is 4.47 Å². The zero-order chi connectivity index (χ0) is 22.7. The fourth-order valence-corrected chi connectivity index (χ4v) is 3.24. The van der Waals surface area contributed by atoms with Gasteiger partial charge in [0.2, 0.25) is 0 Å². The molecular formula is C22H22BrN3O5. The Labute approximate surface area is 187 Å². The summed E-state index contributed by atoms with van der Waals surface area (Å²) in [5.41, 5.74) is 0.982. The molecule has 0 spiro atoms. The highest BCUT2D eigenvalue weighted by atomic mass is 79.9. The van der Waals surface area contributed by atoms with Gasteiger partial charge in [0.25, 0.3) is 5.56 Å². The maximum atomic E-state index is 13.1. The Bertz CT molecular complexity index is 1220. The molecular weight excluding hydrogens is 466 g/mol. The van der Waals surface area contributed by atoms with Crippen molar-refractivity contribution in [3.8, 4) is 11.5 Å². The van der Waals surface area contributed by atoms with Crippen molar-refractivity contribution in [2.24, 2.45) is 5.10 Å². The summed E-state index contributed by atoms with van der Waals surface area (Å²) in [6.45, 7) is 5.32. The summed E-state index contributed by atoms with van der Waals surface area (Å²) in [6.07, 6.45) is 0.495. The highest BCUT2D eigenvalue weighted by Gasteiger charge is 2.16. The Morgan fingerprint density at radius 1 is 1.19 bits per heavy atom. The molecule has 3 rings (SSSR count). The zero-order valence-electron chi connectivity index (χ0n) is 17.5. The molecule has 1 heterocycles. The quantitative estimate of drug-likeness (QED) is 0.504. The van der Waals surface area contributed by atoms with E-state index in [1.807, 2.05) is 19.9 Å². The third kappa shape index (κ3) is 4.93. The summed E-state index contributed by atoms with van der Waals surface area (Å²) in [5, 5.41) is 13.9. The van der Waals surface area contributed by atoms with E-state index >= 15 is 0 Å². The predicted octanol–water partition coefficient (Wildman–Crippen LogP) is 4.03. The summed E-state index contributed by atoms with van der Waals surface area (Å²) in [4.78, 5) is 28.7. The number of rotatable bonds is 7. The van der Waals surface area contributed by atoms with Crippen molar-refractivity contribution in [1.82, 2.24) is 9.66 Å². The molecule has 162 valence electrons. The maximum absolute atomic E-state index is 13.1. The Hall–Kier alpha value is -3.20. The number of nitrogens with zero attached hydrogens (tertiary/aromatic N) is 3. The molecule has 1 atom stereocenters. The van der Waals surface area contributed by atoms with Crippen LogP contribution in [0.2, 0.25) is 0 Å². The van der Waals surface area contributed by atoms with Gasteiger partial charge in [0.05, 0.1) is 24.2 Å². The number of aliphatic carboxylic acids is 1. The Kier molecular flexibility index (Phi) is 6.74. The topological polar surface area (TPSA) is 103 Å². The average Bonchev–Trinajstić information content (AvgIpc) is 2.73. The molecule has 0 saturated heterocycles. The molecule has 8 nitrogen and oxygen atoms in total. The molecule has 0 saturated carbocycles. The lowest BCUT2D eigenvalue weighted by atomic mass is 10.2. The van der Waals surface area contributed by atoms with Crippen molar-refractivity contribution >= 4 is 39.0 Å². The SMILES string of the molecule is COc1cc(C=Nn2c(C(C)C)nc3ccc(Br)cc3c2=O)ccc1O[C@@H](C)C(=O)O. The molecule has 0 aliphatic heterocycles. The highest BCUT2D eigenvalue weighted by molar-refractivity contribution is 9.10. The summed E-state index contributed by atoms with van der Waals surface area (Å²) in [5.74, 6) is 0.0866. The third-order valence-corrected chi connectivity index (χ3v) is 5.00. The minimum absolute atomic E-state index is 0.0271. The van der Waals surface area contributed by atoms with E-state index in [1.165, 1.54) is 24.9 Å². The normalized spacial score (nSPS) is 12.5. The lowest BCUT2D eigenvalue weighted by molar-refractivity contribution is -0.144. The van der Waals surface area contributed by atoms with Crippen LogP contribution in [0.25, 0.3) is 10.9 Å². The number of benzene rings is 2. The Morgan fingerprint density at radius 2 is 1.94 bits per heavy atom. The van der Waals surface area contributed by atoms with Crippen molar-refractivity contribution in [1.29, 1.82) is 0 Å². The smallest absolute Gasteiger partial charge is 0.344 e. The Morgan fingerprint density at radius 3 is 2.58 bits per heavy atom. The number of hydrogen-bond acceptors (Lipinski definition) is 6. The van der Waals surface area contributed by atoms with E-state index in [9.17, 15) is 9.59 Å². The molecule has 0 aliphatic rings. The number of methoxy groups -OCH3 is 1. The summed E-state index contributed by atoms with van der Waals surface area (Å²) < 4.78 is 12.8. The fraction of sp³-hybridized carbons (Fsp3) is 0.273. The van der Waals surface area contributed by atoms with Crippen LogP contribution in [0.4, 0.5) is 0 Å². The average molecular weight is 488 g/mol. The van der Waals surface area contributed by atoms with Crippen LogP contribution in [0.1, 0.15) is 38.1 Å². The molecule has 2 aromatic carbocycles. The molecule has 1 N–H and O–H groups in total. The standard InChI is InChI=1S/C22H22BrN3O5/c1-12(2)20-25-17-7-6-15(23)10-16(17)21(27)26(20)24-11-14-5-8-18(19(9-14)30-4)31-13(3)22(28)29/h5-13H,1-4H3,(H,28,29)/t13-/m0/s1. The first-order valence-corrected chi connectivity index (χ1v) is 10.3. The number of hydrogen-bond donors (Lipinski definition) is 1. The molecule has 1 aromatic heterocycles. The first-order valence-electron chi connectivity index (χ1n) is 9.55. The largest absolute Gasteiger partial charge is 0.493 e. The van der Waals surface area contributed by atoms with Gasteiger partial charge in [0, 0.05) is 10.4 Å². The van der Waals surface area contributed by atoms with Gasteiger partial charge in [-0.3, -0.25) is 4.79 Å². The number of fused-ring (bicyclic) bond motifs is 1. The van der Waals surface area contributed by atoms with Crippen molar-refractivity contribution < 1.29 is 19.4 Å². The van der Waals surface area contributed by atoms with Gasteiger partial charge >= 0.3 is 5.97 Å². The van der Waals surface area contributed by atoms with Crippen LogP contribution in [0.15, 0.2) is 50.8 Å². The van der Waals surface area contributed by atoms with Crippen LogP contribution in [0.3, 0.4) is 0 Å². The number of carboxylic acid groups (broad SMARTS) is 1. The lowest BCUT2D eigenvalue weighted by Gasteiger charge is -2.14. The number of aromatic nitrogens is 2. The first-order chi connectivity index (χ1) is 14.7. The van der Waals surface area contributed by atoms with E-state index in [4.69, 9.17) is 14.6 Å². The zero-order valence-corrected chi connectivity index (χ0v) is 19.1. The molecule has 0 unspecified atom stereocenters. The minimum Gasteiger partial charge on any atom is -0.493 e. The molecule has 0 aliphatic carbocycles. The van der Waals surface area contributed by atoms with Crippen molar-refractivity contribution in [3.05, 3.63) is 62.6 Å². The number of carbonyl (C=O) groups is 1. The highest BCUT2D eigenvalue weighted by Crippen LogP contribution is 2.28. The summed E-state index contributed by atoms with van der Waals surface area (Å²) in [7, 11) is 1.46. The molecule has 0 fully saturated rings. The van der Waals surface area contributed by atoms with E-state index in [1.54, 1.807) is 30.3 Å². The molecule has 0 radical (unpaired) electrons. The van der Waals surface area contributed by atoms with Gasteiger partial charge in [-0.1, -0.05) is 29.8 Å². The van der Waals surface area contributed by atoms with Gasteiger partial charge in [0.15, 0.2) is 17.6 Å². The molecule has 0 amide bonds. The van der Waals surface area contributed by atoms with Crippen LogP contribution in [0.5, 0.6) is 11.5 Å². The molecule has 9 heteroatoms. The second-order valence-corrected chi connectivity index (χ2v) is 8.07. The lowest BCUT2D eigenvalue weighted by Crippen LogP contribution is -2.23. The maximum Gasteiger partial charge on any atom is 0.344 e. The van der Waals surface area contributed by atoms with E-state index in [2.05, 4.69) is 26.0 Å². The fourth-order valence-electron chi connectivity index (χ4n) is 2.88. The monoisotopic (exact) mass is 487 g/mol. The summed E-state index contributed by atoms with van der Waals surface area (Å²) in [6, 6.07) is 10.3. The molecule has 3 aromatic rings. The van der Waals surface area contributed by atoms with Gasteiger partial charge in [-0.05, 0) is 48.9 Å². The van der Waals surface area contributed by atoms with Crippen LogP contribution in [0, 0.1) is 0 Å². The second kappa shape index (κ2) is 9.30. The minimum atomic E-state index is -1.08. The van der Waals surface area contributed by atoms with E-state index < -0.39 is 12.1 Å². The van der Waals surface area contributed by atoms with Gasteiger partial charge in [-0.2, -0.15) is 9.78 Å². The van der Waals surface area contributed by atoms with Crippen LogP contribution in [-0.4, -0.2) is 40.2 Å². The first kappa shape index (κ1) is 22.5. The third-order valence-electron chi connectivity index (χ3n) is 4.51. The number of carboxylic acids is 1. The number of halogens is 1. The number of ether oxygens (including phenoxy) is 2. The van der Waals surface area contributed by atoms with E-state index in [0.29, 0.717) is 33.8 Å². The van der Waals surface area contributed by atoms with Crippen molar-refractivity contribution in [2.45, 2.75) is 32.8 Å². The van der Waals surface area contributed by atoms with Crippen LogP contribution < -0.4 is 15.0 Å².